The van der Waals surface area contributed by atoms with E-state index < -0.39 is 6.04 Å². The number of rotatable bonds is 2. The van der Waals surface area contributed by atoms with E-state index in [9.17, 15) is 9.59 Å². The van der Waals surface area contributed by atoms with Crippen LogP contribution in [0, 0.1) is 0 Å². The molecule has 1 heterocycles. The Hall–Kier alpha value is -2.63. The van der Waals surface area contributed by atoms with Crippen LogP contribution in [-0.4, -0.2) is 23.3 Å². The zero-order valence-electron chi connectivity index (χ0n) is 14.7. The van der Waals surface area contributed by atoms with Gasteiger partial charge in [0.25, 0.3) is 5.91 Å². The van der Waals surface area contributed by atoms with Crippen LogP contribution in [0.2, 0.25) is 5.02 Å². The summed E-state index contributed by atoms with van der Waals surface area (Å²) in [4.78, 5) is 27.6. The van der Waals surface area contributed by atoms with E-state index in [4.69, 9.17) is 11.6 Å². The van der Waals surface area contributed by atoms with Gasteiger partial charge in [-0.05, 0) is 42.0 Å². The van der Waals surface area contributed by atoms with Crippen LogP contribution < -0.4 is 5.32 Å². The molecule has 140 valence electrons. The number of halogens is 2. The van der Waals surface area contributed by atoms with Gasteiger partial charge in [0.15, 0.2) is 0 Å². The Balaban J connectivity index is 1.89. The first kappa shape index (κ1) is 18.7. The number of nitrogens with zero attached hydrogens (tertiary/aromatic N) is 1. The summed E-state index contributed by atoms with van der Waals surface area (Å²) in [6, 6.07) is 21.7. The van der Waals surface area contributed by atoms with Gasteiger partial charge < -0.3 is 10.2 Å². The molecule has 0 spiro atoms. The Labute approximate surface area is 176 Å². The highest BCUT2D eigenvalue weighted by Crippen LogP contribution is 2.38. The molecule has 1 atom stereocenters. The molecule has 0 fully saturated rings. The normalized spacial score (nSPS) is 16.1. The topological polar surface area (TPSA) is 49.4 Å². The number of hydrogen-bond acceptors (Lipinski definition) is 2. The Morgan fingerprint density at radius 1 is 1.04 bits per heavy atom. The molecule has 2 amide bonds. The lowest BCUT2D eigenvalue weighted by molar-refractivity contribution is -0.117. The van der Waals surface area contributed by atoms with Crippen molar-refractivity contribution in [2.24, 2.45) is 0 Å². The van der Waals surface area contributed by atoms with E-state index in [0.717, 1.165) is 15.6 Å². The molecule has 3 aromatic carbocycles. The molecule has 3 aromatic rings. The van der Waals surface area contributed by atoms with Crippen molar-refractivity contribution in [2.75, 3.05) is 11.9 Å². The number of carbonyl (C=O) groups is 2. The summed E-state index contributed by atoms with van der Waals surface area (Å²) in [5, 5.41) is 3.39. The van der Waals surface area contributed by atoms with Crippen molar-refractivity contribution >= 4 is 45.0 Å². The first-order valence-corrected chi connectivity index (χ1v) is 9.91. The molecule has 0 bridgehead atoms. The molecule has 0 saturated heterocycles. The highest BCUT2D eigenvalue weighted by Gasteiger charge is 2.34. The van der Waals surface area contributed by atoms with Gasteiger partial charge >= 0.3 is 0 Å². The lowest BCUT2D eigenvalue weighted by Gasteiger charge is -2.30. The van der Waals surface area contributed by atoms with Gasteiger partial charge in [-0.2, -0.15) is 0 Å². The standard InChI is InChI=1S/C22H16BrClN2O2/c23-16-9-10-19-18(12-16)21(14-5-2-1-3-6-14)26(13-20(27)25-19)22(28)15-7-4-8-17(24)11-15/h1-12,21H,13H2,(H,25,27). The lowest BCUT2D eigenvalue weighted by atomic mass is 9.95. The third kappa shape index (κ3) is 3.68. The van der Waals surface area contributed by atoms with Crippen molar-refractivity contribution in [3.05, 3.63) is 99.0 Å². The Bertz CT molecular complexity index is 1060. The van der Waals surface area contributed by atoms with Crippen molar-refractivity contribution < 1.29 is 9.59 Å². The summed E-state index contributed by atoms with van der Waals surface area (Å²) in [5.41, 5.74) is 2.92. The maximum absolute atomic E-state index is 13.4. The SMILES string of the molecule is O=C1CN(C(=O)c2cccc(Cl)c2)C(c2ccccc2)c2cc(Br)ccc2N1. The minimum absolute atomic E-state index is 0.0583. The molecule has 0 saturated carbocycles. The molecule has 0 aromatic heterocycles. The highest BCUT2D eigenvalue weighted by atomic mass is 79.9. The number of nitrogens with one attached hydrogen (secondary N) is 1. The second-order valence-electron chi connectivity index (χ2n) is 6.54. The quantitative estimate of drug-likeness (QED) is 0.571. The Morgan fingerprint density at radius 3 is 2.57 bits per heavy atom. The molecule has 6 heteroatoms. The van der Waals surface area contributed by atoms with E-state index in [-0.39, 0.29) is 18.4 Å². The van der Waals surface area contributed by atoms with Crippen LogP contribution in [0.3, 0.4) is 0 Å². The van der Waals surface area contributed by atoms with Crippen molar-refractivity contribution in [3.63, 3.8) is 0 Å². The van der Waals surface area contributed by atoms with Crippen molar-refractivity contribution in [3.8, 4) is 0 Å². The molecule has 1 N–H and O–H groups in total. The molecule has 4 nitrogen and oxygen atoms in total. The minimum Gasteiger partial charge on any atom is -0.324 e. The molecule has 1 aliphatic heterocycles. The van der Waals surface area contributed by atoms with Crippen LogP contribution >= 0.6 is 27.5 Å². The molecular formula is C22H16BrClN2O2. The number of anilines is 1. The van der Waals surface area contributed by atoms with Crippen molar-refractivity contribution in [2.45, 2.75) is 6.04 Å². The maximum Gasteiger partial charge on any atom is 0.255 e. The van der Waals surface area contributed by atoms with E-state index in [0.29, 0.717) is 16.3 Å². The van der Waals surface area contributed by atoms with Crippen LogP contribution in [-0.2, 0) is 4.79 Å². The largest absolute Gasteiger partial charge is 0.324 e. The Morgan fingerprint density at radius 2 is 1.82 bits per heavy atom. The van der Waals surface area contributed by atoms with Gasteiger partial charge in [-0.3, -0.25) is 9.59 Å². The van der Waals surface area contributed by atoms with Gasteiger partial charge in [-0.25, -0.2) is 0 Å². The zero-order chi connectivity index (χ0) is 19.7. The third-order valence-electron chi connectivity index (χ3n) is 4.66. The van der Waals surface area contributed by atoms with E-state index in [1.165, 1.54) is 0 Å². The number of amides is 2. The fraction of sp³-hybridized carbons (Fsp3) is 0.0909. The van der Waals surface area contributed by atoms with E-state index >= 15 is 0 Å². The predicted molar refractivity (Wildman–Crippen MR) is 114 cm³/mol. The van der Waals surface area contributed by atoms with Gasteiger partial charge in [0.05, 0.1) is 6.04 Å². The molecule has 0 aliphatic carbocycles. The fourth-order valence-corrected chi connectivity index (χ4v) is 4.02. The lowest BCUT2D eigenvalue weighted by Crippen LogP contribution is -2.39. The Kier molecular flexibility index (Phi) is 5.20. The molecule has 28 heavy (non-hydrogen) atoms. The van der Waals surface area contributed by atoms with Crippen LogP contribution in [0.15, 0.2) is 77.3 Å². The summed E-state index contributed by atoms with van der Waals surface area (Å²) in [6.07, 6.45) is 0. The van der Waals surface area contributed by atoms with E-state index in [2.05, 4.69) is 21.2 Å². The minimum atomic E-state index is -0.417. The molecule has 4 rings (SSSR count). The number of benzene rings is 3. The van der Waals surface area contributed by atoms with Crippen LogP contribution in [0.25, 0.3) is 0 Å². The second-order valence-corrected chi connectivity index (χ2v) is 7.89. The van der Waals surface area contributed by atoms with Crippen LogP contribution in [0.5, 0.6) is 0 Å². The molecule has 1 unspecified atom stereocenters. The maximum atomic E-state index is 13.4. The smallest absolute Gasteiger partial charge is 0.255 e. The first-order valence-electron chi connectivity index (χ1n) is 8.74. The monoisotopic (exact) mass is 454 g/mol. The van der Waals surface area contributed by atoms with Gasteiger partial charge in [-0.15, -0.1) is 0 Å². The molecule has 1 aliphatic rings. The fourth-order valence-electron chi connectivity index (χ4n) is 3.45. The van der Waals surface area contributed by atoms with Crippen LogP contribution in [0.1, 0.15) is 27.5 Å². The van der Waals surface area contributed by atoms with Gasteiger partial charge in [0.2, 0.25) is 5.91 Å². The summed E-state index contributed by atoms with van der Waals surface area (Å²) < 4.78 is 0.874. The number of carbonyl (C=O) groups excluding carboxylic acids is 2. The van der Waals surface area contributed by atoms with Crippen LogP contribution in [0.4, 0.5) is 5.69 Å². The van der Waals surface area contributed by atoms with Crippen molar-refractivity contribution in [1.82, 2.24) is 4.90 Å². The average Bonchev–Trinajstić information content (AvgIpc) is 2.83. The first-order chi connectivity index (χ1) is 13.5. The number of fused-ring (bicyclic) bond motifs is 1. The second kappa shape index (κ2) is 7.78. The average molecular weight is 456 g/mol. The summed E-state index contributed by atoms with van der Waals surface area (Å²) in [7, 11) is 0. The number of hydrogen-bond donors (Lipinski definition) is 1. The van der Waals surface area contributed by atoms with E-state index in [1.807, 2.05) is 48.5 Å². The molecule has 0 radical (unpaired) electrons. The predicted octanol–water partition coefficient (Wildman–Crippen LogP) is 5.29. The van der Waals surface area contributed by atoms with Gasteiger partial charge in [0.1, 0.15) is 6.54 Å². The summed E-state index contributed by atoms with van der Waals surface area (Å²) in [5.74, 6) is -0.489. The zero-order valence-corrected chi connectivity index (χ0v) is 17.1. The summed E-state index contributed by atoms with van der Waals surface area (Å²) in [6.45, 7) is -0.0583. The van der Waals surface area contributed by atoms with E-state index in [1.54, 1.807) is 29.2 Å². The molecular weight excluding hydrogens is 440 g/mol. The van der Waals surface area contributed by atoms with Gasteiger partial charge in [-0.1, -0.05) is 63.9 Å². The third-order valence-corrected chi connectivity index (χ3v) is 5.38. The highest BCUT2D eigenvalue weighted by molar-refractivity contribution is 9.10. The van der Waals surface area contributed by atoms with Crippen molar-refractivity contribution in [1.29, 1.82) is 0 Å². The summed E-state index contributed by atoms with van der Waals surface area (Å²) >= 11 is 9.60. The van der Waals surface area contributed by atoms with Gasteiger partial charge in [0, 0.05) is 26.3 Å².